The van der Waals surface area contributed by atoms with Gasteiger partial charge in [-0.3, -0.25) is 4.79 Å². The minimum Gasteiger partial charge on any atom is -0.481 e. The highest BCUT2D eigenvalue weighted by molar-refractivity contribution is 5.75. The second-order valence-corrected chi connectivity index (χ2v) is 4.66. The molecule has 1 aliphatic heterocycles. The standard InChI is InChI=1S/C11H12F3N3O2.C2H4O2/c12-11(13,14)9(18)19-8-2-6-17(7-3-8)10-15-4-1-5-16-10;1-2(3)4/h1,4-5,8H,2-3,6-7H2;1H3,(H,3,4). The molecule has 0 amide bonds. The van der Waals surface area contributed by atoms with Crippen molar-refractivity contribution in [2.45, 2.75) is 32.0 Å². The lowest BCUT2D eigenvalue weighted by Crippen LogP contribution is -2.40. The summed E-state index contributed by atoms with van der Waals surface area (Å²) in [5.41, 5.74) is 0. The maximum absolute atomic E-state index is 12.0. The molecule has 1 saturated heterocycles. The van der Waals surface area contributed by atoms with Crippen molar-refractivity contribution >= 4 is 17.9 Å². The molecule has 2 heterocycles. The zero-order valence-corrected chi connectivity index (χ0v) is 12.3. The fraction of sp³-hybridized carbons (Fsp3) is 0.538. The van der Waals surface area contributed by atoms with Gasteiger partial charge in [0.05, 0.1) is 0 Å². The lowest BCUT2D eigenvalue weighted by atomic mass is 10.1. The fourth-order valence-electron chi connectivity index (χ4n) is 1.85. The summed E-state index contributed by atoms with van der Waals surface area (Å²) in [4.78, 5) is 29.7. The summed E-state index contributed by atoms with van der Waals surface area (Å²) in [5.74, 6) is -2.43. The minimum absolute atomic E-state index is 0.333. The van der Waals surface area contributed by atoms with Crippen molar-refractivity contribution in [3.8, 4) is 0 Å². The number of ether oxygens (including phenoxy) is 1. The minimum atomic E-state index is -4.93. The highest BCUT2D eigenvalue weighted by atomic mass is 19.4. The molecule has 0 atom stereocenters. The van der Waals surface area contributed by atoms with Gasteiger partial charge in [-0.25, -0.2) is 14.8 Å². The van der Waals surface area contributed by atoms with Crippen LogP contribution in [0.4, 0.5) is 19.1 Å². The van der Waals surface area contributed by atoms with Crippen LogP contribution in [-0.2, 0) is 14.3 Å². The number of aromatic nitrogens is 2. The Morgan fingerprint density at radius 1 is 1.26 bits per heavy atom. The number of piperidine rings is 1. The van der Waals surface area contributed by atoms with Crippen LogP contribution in [0.15, 0.2) is 18.5 Å². The molecule has 0 bridgehead atoms. The molecule has 23 heavy (non-hydrogen) atoms. The molecule has 0 spiro atoms. The fourth-order valence-corrected chi connectivity index (χ4v) is 1.85. The Bertz CT molecular complexity index is 513. The highest BCUT2D eigenvalue weighted by Crippen LogP contribution is 2.22. The lowest BCUT2D eigenvalue weighted by molar-refractivity contribution is -0.205. The number of carbonyl (C=O) groups is 2. The number of hydrogen-bond acceptors (Lipinski definition) is 6. The Kier molecular flexibility index (Phi) is 6.73. The second kappa shape index (κ2) is 8.30. The molecule has 0 saturated carbocycles. The summed E-state index contributed by atoms with van der Waals surface area (Å²) < 4.78 is 40.5. The first-order chi connectivity index (χ1) is 10.7. The van der Waals surface area contributed by atoms with E-state index in [9.17, 15) is 18.0 Å². The molecule has 0 aliphatic carbocycles. The topological polar surface area (TPSA) is 92.6 Å². The summed E-state index contributed by atoms with van der Waals surface area (Å²) in [6, 6.07) is 1.68. The Labute approximate surface area is 130 Å². The van der Waals surface area contributed by atoms with Gasteiger partial charge in [0, 0.05) is 45.2 Å². The van der Waals surface area contributed by atoms with E-state index in [-0.39, 0.29) is 0 Å². The molecule has 0 radical (unpaired) electrons. The average molecular weight is 335 g/mol. The van der Waals surface area contributed by atoms with Crippen molar-refractivity contribution < 1.29 is 32.6 Å². The van der Waals surface area contributed by atoms with E-state index < -0.39 is 24.2 Å². The number of hydrogen-bond donors (Lipinski definition) is 1. The molecule has 1 fully saturated rings. The Morgan fingerprint density at radius 2 is 1.74 bits per heavy atom. The summed E-state index contributed by atoms with van der Waals surface area (Å²) in [6.07, 6.45) is -1.77. The Morgan fingerprint density at radius 3 is 2.17 bits per heavy atom. The molecular formula is C13H16F3N3O4. The predicted molar refractivity (Wildman–Crippen MR) is 72.7 cm³/mol. The number of carboxylic acids is 1. The molecular weight excluding hydrogens is 319 g/mol. The van der Waals surface area contributed by atoms with E-state index in [1.165, 1.54) is 0 Å². The highest BCUT2D eigenvalue weighted by Gasteiger charge is 2.42. The molecule has 1 aliphatic rings. The van der Waals surface area contributed by atoms with Crippen molar-refractivity contribution in [2.24, 2.45) is 0 Å². The van der Waals surface area contributed by atoms with E-state index in [1.54, 1.807) is 18.5 Å². The van der Waals surface area contributed by atoms with Gasteiger partial charge in [-0.1, -0.05) is 0 Å². The molecule has 128 valence electrons. The maximum atomic E-state index is 12.0. The van der Waals surface area contributed by atoms with E-state index in [0.29, 0.717) is 31.9 Å². The van der Waals surface area contributed by atoms with E-state index in [0.717, 1.165) is 6.92 Å². The quantitative estimate of drug-likeness (QED) is 0.821. The van der Waals surface area contributed by atoms with Crippen LogP contribution in [0.2, 0.25) is 0 Å². The monoisotopic (exact) mass is 335 g/mol. The number of nitrogens with zero attached hydrogens (tertiary/aromatic N) is 3. The number of aliphatic carboxylic acids is 1. The van der Waals surface area contributed by atoms with Crippen LogP contribution < -0.4 is 4.90 Å². The molecule has 0 unspecified atom stereocenters. The van der Waals surface area contributed by atoms with Crippen molar-refractivity contribution in [1.82, 2.24) is 9.97 Å². The molecule has 1 N–H and O–H groups in total. The Hall–Kier alpha value is -2.39. The maximum Gasteiger partial charge on any atom is 0.490 e. The van der Waals surface area contributed by atoms with Crippen LogP contribution in [0, 0.1) is 0 Å². The van der Waals surface area contributed by atoms with Crippen LogP contribution in [0.25, 0.3) is 0 Å². The smallest absolute Gasteiger partial charge is 0.481 e. The van der Waals surface area contributed by atoms with Crippen molar-refractivity contribution in [2.75, 3.05) is 18.0 Å². The van der Waals surface area contributed by atoms with E-state index >= 15 is 0 Å². The van der Waals surface area contributed by atoms with Gasteiger partial charge in [-0.15, -0.1) is 0 Å². The summed E-state index contributed by atoms with van der Waals surface area (Å²) >= 11 is 0. The number of alkyl halides is 3. The van der Waals surface area contributed by atoms with Gasteiger partial charge in [0.15, 0.2) is 0 Å². The number of rotatable bonds is 2. The number of halogens is 3. The summed E-state index contributed by atoms with van der Waals surface area (Å²) in [7, 11) is 0. The van der Waals surface area contributed by atoms with Gasteiger partial charge in [0.25, 0.3) is 5.97 Å². The average Bonchev–Trinajstić information content (AvgIpc) is 2.47. The zero-order valence-electron chi connectivity index (χ0n) is 12.3. The third kappa shape index (κ3) is 6.94. The summed E-state index contributed by atoms with van der Waals surface area (Å²) in [6.45, 7) is 2.00. The molecule has 1 aromatic heterocycles. The largest absolute Gasteiger partial charge is 0.490 e. The van der Waals surface area contributed by atoms with Crippen LogP contribution in [0.1, 0.15) is 19.8 Å². The van der Waals surface area contributed by atoms with Crippen LogP contribution in [0.5, 0.6) is 0 Å². The van der Waals surface area contributed by atoms with Crippen molar-refractivity contribution in [1.29, 1.82) is 0 Å². The molecule has 10 heteroatoms. The third-order valence-corrected chi connectivity index (χ3v) is 2.78. The molecule has 1 aromatic rings. The SMILES string of the molecule is CC(=O)O.O=C(OC1CCN(c2ncccn2)CC1)C(F)(F)F. The number of esters is 1. The van der Waals surface area contributed by atoms with Gasteiger partial charge in [0.1, 0.15) is 6.10 Å². The van der Waals surface area contributed by atoms with Crippen molar-refractivity contribution in [3.05, 3.63) is 18.5 Å². The Balaban J connectivity index is 0.000000593. The van der Waals surface area contributed by atoms with Crippen LogP contribution in [0.3, 0.4) is 0 Å². The second-order valence-electron chi connectivity index (χ2n) is 4.66. The predicted octanol–water partition coefficient (Wildman–Crippen LogP) is 1.64. The van der Waals surface area contributed by atoms with Crippen molar-refractivity contribution in [3.63, 3.8) is 0 Å². The van der Waals surface area contributed by atoms with Gasteiger partial charge in [0.2, 0.25) is 5.95 Å². The van der Waals surface area contributed by atoms with Gasteiger partial charge >= 0.3 is 12.1 Å². The summed E-state index contributed by atoms with van der Waals surface area (Å²) in [5, 5.41) is 7.42. The molecule has 7 nitrogen and oxygen atoms in total. The van der Waals surface area contributed by atoms with Crippen LogP contribution in [-0.4, -0.2) is 52.4 Å². The molecule has 2 rings (SSSR count). The van der Waals surface area contributed by atoms with Gasteiger partial charge in [-0.2, -0.15) is 13.2 Å². The lowest BCUT2D eigenvalue weighted by Gasteiger charge is -2.31. The third-order valence-electron chi connectivity index (χ3n) is 2.78. The van der Waals surface area contributed by atoms with E-state index in [1.807, 2.05) is 4.90 Å². The number of anilines is 1. The molecule has 0 aromatic carbocycles. The number of carbonyl (C=O) groups excluding carboxylic acids is 1. The van der Waals surface area contributed by atoms with E-state index in [2.05, 4.69) is 14.7 Å². The number of carboxylic acid groups (broad SMARTS) is 1. The normalized spacial score (nSPS) is 15.4. The first-order valence-corrected chi connectivity index (χ1v) is 6.69. The van der Waals surface area contributed by atoms with Gasteiger partial charge < -0.3 is 14.7 Å². The van der Waals surface area contributed by atoms with Gasteiger partial charge in [-0.05, 0) is 6.07 Å². The van der Waals surface area contributed by atoms with E-state index in [4.69, 9.17) is 9.90 Å². The first-order valence-electron chi connectivity index (χ1n) is 6.69. The zero-order chi connectivity index (χ0) is 17.5. The van der Waals surface area contributed by atoms with Crippen LogP contribution >= 0.6 is 0 Å². The first kappa shape index (κ1) is 18.7.